The van der Waals surface area contributed by atoms with Gasteiger partial charge in [0.2, 0.25) is 0 Å². The largest absolute Gasteiger partial charge is 0.501 e. The van der Waals surface area contributed by atoms with Gasteiger partial charge in [0.25, 0.3) is 0 Å². The van der Waals surface area contributed by atoms with Crippen molar-refractivity contribution in [2.24, 2.45) is 5.73 Å². The molecule has 6 heteroatoms. The smallest absolute Gasteiger partial charge is 0.373 e. The predicted octanol–water partition coefficient (Wildman–Crippen LogP) is 3.80. The van der Waals surface area contributed by atoms with Gasteiger partial charge < -0.3 is 19.0 Å². The molecule has 0 aliphatic carbocycles. The average Bonchev–Trinajstić information content (AvgIpc) is 2.44. The summed E-state index contributed by atoms with van der Waals surface area (Å²) in [5.74, 6) is 0. The number of hydrogen-bond acceptors (Lipinski definition) is 4. The molecular formula is C15H37NO3Si2. The molecule has 0 heterocycles. The number of rotatable bonds is 13. The summed E-state index contributed by atoms with van der Waals surface area (Å²) >= 11 is 0. The van der Waals surface area contributed by atoms with Crippen LogP contribution in [0.1, 0.15) is 46.5 Å². The lowest BCUT2D eigenvalue weighted by molar-refractivity contribution is 0.0587. The van der Waals surface area contributed by atoms with Gasteiger partial charge in [0.05, 0.1) is 8.07 Å². The molecular weight excluding hydrogens is 298 g/mol. The van der Waals surface area contributed by atoms with E-state index in [2.05, 4.69) is 40.4 Å². The maximum Gasteiger partial charge on any atom is 0.501 e. The van der Waals surface area contributed by atoms with Crippen LogP contribution in [0.4, 0.5) is 0 Å². The van der Waals surface area contributed by atoms with Crippen LogP contribution in [0.3, 0.4) is 0 Å². The van der Waals surface area contributed by atoms with Gasteiger partial charge >= 0.3 is 8.80 Å². The first-order valence-corrected chi connectivity index (χ1v) is 14.0. The van der Waals surface area contributed by atoms with E-state index in [9.17, 15) is 0 Å². The summed E-state index contributed by atoms with van der Waals surface area (Å²) in [5, 5.41) is 0. The minimum absolute atomic E-state index is 0.269. The first-order chi connectivity index (χ1) is 9.81. The van der Waals surface area contributed by atoms with E-state index < -0.39 is 16.9 Å². The molecule has 0 bridgehead atoms. The highest BCUT2D eigenvalue weighted by molar-refractivity contribution is 6.77. The normalized spacial score (nSPS) is 14.4. The van der Waals surface area contributed by atoms with E-state index >= 15 is 0 Å². The Balaban J connectivity index is 4.77. The molecule has 1 atom stereocenters. The molecule has 0 radical (unpaired) electrons. The van der Waals surface area contributed by atoms with E-state index in [4.69, 9.17) is 19.0 Å². The van der Waals surface area contributed by atoms with Crippen molar-refractivity contribution < 1.29 is 13.3 Å². The lowest BCUT2D eigenvalue weighted by Crippen LogP contribution is -2.51. The van der Waals surface area contributed by atoms with Gasteiger partial charge in [0, 0.05) is 25.9 Å². The third kappa shape index (κ3) is 9.10. The summed E-state index contributed by atoms with van der Waals surface area (Å²) in [6.45, 7) is 15.4. The molecule has 0 rings (SSSR count). The summed E-state index contributed by atoms with van der Waals surface area (Å²) < 4.78 is 18.3. The Labute approximate surface area is 134 Å². The van der Waals surface area contributed by atoms with Gasteiger partial charge in [-0.15, -0.1) is 0 Å². The van der Waals surface area contributed by atoms with E-state index in [1.165, 1.54) is 0 Å². The molecule has 0 aromatic carbocycles. The molecule has 0 aromatic rings. The van der Waals surface area contributed by atoms with Crippen LogP contribution >= 0.6 is 0 Å². The fraction of sp³-hybridized carbons (Fsp3) is 1.00. The summed E-state index contributed by atoms with van der Waals surface area (Å²) in [5.41, 5.74) is 6.63. The first-order valence-electron chi connectivity index (χ1n) is 8.48. The zero-order valence-corrected chi connectivity index (χ0v) is 17.0. The fourth-order valence-electron chi connectivity index (χ4n) is 1.88. The van der Waals surface area contributed by atoms with Crippen molar-refractivity contribution in [2.45, 2.75) is 77.8 Å². The SMILES string of the molecule is CCCO[Si](CCC(N)[Si](C)(C)C)(OCCC)OCCC. The molecule has 0 saturated carbocycles. The van der Waals surface area contributed by atoms with Crippen molar-refractivity contribution in [1.82, 2.24) is 0 Å². The van der Waals surface area contributed by atoms with Crippen molar-refractivity contribution in [2.75, 3.05) is 19.8 Å². The zero-order chi connectivity index (χ0) is 16.4. The highest BCUT2D eigenvalue weighted by Crippen LogP contribution is 2.22. The monoisotopic (exact) mass is 335 g/mol. The lowest BCUT2D eigenvalue weighted by Gasteiger charge is -2.32. The first kappa shape index (κ1) is 21.3. The van der Waals surface area contributed by atoms with Crippen molar-refractivity contribution in [3.05, 3.63) is 0 Å². The molecule has 128 valence electrons. The van der Waals surface area contributed by atoms with E-state index in [0.29, 0.717) is 19.8 Å². The Morgan fingerprint density at radius 3 is 1.48 bits per heavy atom. The van der Waals surface area contributed by atoms with Crippen molar-refractivity contribution >= 4 is 16.9 Å². The topological polar surface area (TPSA) is 53.7 Å². The number of nitrogens with two attached hydrogens (primary N) is 1. The van der Waals surface area contributed by atoms with Crippen molar-refractivity contribution in [1.29, 1.82) is 0 Å². The van der Waals surface area contributed by atoms with Crippen LogP contribution in [0.2, 0.25) is 25.7 Å². The van der Waals surface area contributed by atoms with Crippen molar-refractivity contribution in [3.63, 3.8) is 0 Å². The van der Waals surface area contributed by atoms with Gasteiger partial charge in [-0.3, -0.25) is 0 Å². The Kier molecular flexibility index (Phi) is 11.1. The van der Waals surface area contributed by atoms with Gasteiger partial charge in [0.15, 0.2) is 0 Å². The van der Waals surface area contributed by atoms with Gasteiger partial charge in [0.1, 0.15) is 0 Å². The van der Waals surface area contributed by atoms with Gasteiger partial charge in [-0.1, -0.05) is 40.4 Å². The highest BCUT2D eigenvalue weighted by atomic mass is 28.4. The third-order valence-electron chi connectivity index (χ3n) is 3.45. The summed E-state index contributed by atoms with van der Waals surface area (Å²) in [6.07, 6.45) is 3.90. The van der Waals surface area contributed by atoms with Crippen LogP contribution in [0, 0.1) is 0 Å². The molecule has 1 unspecified atom stereocenters. The van der Waals surface area contributed by atoms with Gasteiger partial charge in [-0.05, 0) is 31.3 Å². The predicted molar refractivity (Wildman–Crippen MR) is 95.2 cm³/mol. The summed E-state index contributed by atoms with van der Waals surface area (Å²) in [6, 6.07) is 0.846. The Morgan fingerprint density at radius 2 is 1.19 bits per heavy atom. The molecule has 0 spiro atoms. The van der Waals surface area contributed by atoms with Crippen LogP contribution in [0.25, 0.3) is 0 Å². The second-order valence-corrected chi connectivity index (χ2v) is 14.9. The van der Waals surface area contributed by atoms with Crippen LogP contribution in [0.5, 0.6) is 0 Å². The minimum atomic E-state index is -2.56. The molecule has 0 aliphatic rings. The molecule has 0 saturated heterocycles. The fourth-order valence-corrected chi connectivity index (χ4v) is 6.07. The minimum Gasteiger partial charge on any atom is -0.373 e. The quantitative estimate of drug-likeness (QED) is 0.520. The summed E-state index contributed by atoms with van der Waals surface area (Å²) in [4.78, 5) is 0. The number of hydrogen-bond donors (Lipinski definition) is 1. The molecule has 0 amide bonds. The third-order valence-corrected chi connectivity index (χ3v) is 8.80. The van der Waals surface area contributed by atoms with Crippen LogP contribution in [-0.2, 0) is 13.3 Å². The Hall–Kier alpha value is 0.274. The van der Waals surface area contributed by atoms with Crippen LogP contribution in [-0.4, -0.2) is 42.4 Å². The Bertz CT molecular complexity index is 238. The van der Waals surface area contributed by atoms with Crippen LogP contribution < -0.4 is 5.73 Å². The standard InChI is InChI=1S/C15H37NO3Si2/c1-7-11-17-21(18-12-8-2,19-13-9-3)14-10-15(16)20(4,5)6/h15H,7-14,16H2,1-6H3. The van der Waals surface area contributed by atoms with Crippen molar-refractivity contribution in [3.8, 4) is 0 Å². The molecule has 21 heavy (non-hydrogen) atoms. The molecule has 0 aromatic heterocycles. The molecule has 0 fully saturated rings. The van der Waals surface area contributed by atoms with Crippen LogP contribution in [0.15, 0.2) is 0 Å². The molecule has 0 aliphatic heterocycles. The van der Waals surface area contributed by atoms with E-state index in [-0.39, 0.29) is 5.67 Å². The second kappa shape index (κ2) is 10.9. The van der Waals surface area contributed by atoms with E-state index in [0.717, 1.165) is 31.7 Å². The maximum absolute atomic E-state index is 6.36. The maximum atomic E-state index is 6.36. The zero-order valence-electron chi connectivity index (χ0n) is 15.0. The van der Waals surface area contributed by atoms with Gasteiger partial charge in [-0.2, -0.15) is 0 Å². The molecule has 4 nitrogen and oxygen atoms in total. The van der Waals surface area contributed by atoms with Gasteiger partial charge in [-0.25, -0.2) is 0 Å². The molecule has 2 N–H and O–H groups in total. The second-order valence-electron chi connectivity index (χ2n) is 6.74. The Morgan fingerprint density at radius 1 is 0.810 bits per heavy atom. The van der Waals surface area contributed by atoms with E-state index in [1.807, 2.05) is 0 Å². The summed E-state index contributed by atoms with van der Waals surface area (Å²) in [7, 11) is -3.88. The highest BCUT2D eigenvalue weighted by Gasteiger charge is 2.42. The lowest BCUT2D eigenvalue weighted by atomic mass is 10.5. The average molecular weight is 336 g/mol. The van der Waals surface area contributed by atoms with E-state index in [1.54, 1.807) is 0 Å².